The predicted molar refractivity (Wildman–Crippen MR) is 179 cm³/mol. The summed E-state index contributed by atoms with van der Waals surface area (Å²) in [5.41, 5.74) is 3.07. The van der Waals surface area contributed by atoms with E-state index in [9.17, 15) is 14.7 Å². The molecule has 1 atom stereocenters. The Bertz CT molecular complexity index is 2040. The van der Waals surface area contributed by atoms with Crippen LogP contribution in [-0.2, 0) is 17.2 Å². The molecular formula is C35H24ClN3O5S2. The molecule has 4 aromatic carbocycles. The number of para-hydroxylation sites is 1. The molecule has 8 nitrogen and oxygen atoms in total. The minimum Gasteiger partial charge on any atom is -0.503 e. The fraction of sp³-hybridized carbons (Fsp3) is 0.0857. The minimum atomic E-state index is -0.988. The first-order valence-electron chi connectivity index (χ1n) is 14.2. The number of nitrogens with zero attached hydrogens (tertiary/aromatic N) is 3. The normalized spacial score (nSPS) is 14.8. The van der Waals surface area contributed by atoms with E-state index < -0.39 is 23.5 Å². The van der Waals surface area contributed by atoms with Gasteiger partial charge in [-0.05, 0) is 53.1 Å². The number of benzene rings is 4. The molecule has 46 heavy (non-hydrogen) atoms. The summed E-state index contributed by atoms with van der Waals surface area (Å²) in [6.07, 6.45) is 0. The number of fused-ring (bicyclic) bond motifs is 1. The number of rotatable bonds is 10. The molecule has 6 aromatic rings. The summed E-state index contributed by atoms with van der Waals surface area (Å²) in [6, 6.07) is 32.2. The molecule has 3 heterocycles. The number of aliphatic hydroxyl groups is 1. The number of ketones is 1. The highest BCUT2D eigenvalue weighted by Crippen LogP contribution is 2.44. The number of anilines is 1. The number of ether oxygens (including phenoxy) is 1. The highest BCUT2D eigenvalue weighted by Gasteiger charge is 2.46. The van der Waals surface area contributed by atoms with Crippen LogP contribution in [0.5, 0.6) is 5.75 Å². The van der Waals surface area contributed by atoms with Gasteiger partial charge in [0.15, 0.2) is 15.9 Å². The van der Waals surface area contributed by atoms with E-state index in [4.69, 9.17) is 20.8 Å². The summed E-state index contributed by atoms with van der Waals surface area (Å²) in [4.78, 5) is 29.0. The average Bonchev–Trinajstić information content (AvgIpc) is 3.80. The molecule has 0 saturated carbocycles. The van der Waals surface area contributed by atoms with Crippen LogP contribution in [0.15, 0.2) is 129 Å². The number of amides is 1. The monoisotopic (exact) mass is 665 g/mol. The Morgan fingerprint density at radius 1 is 0.935 bits per heavy atom. The number of aromatic nitrogens is 2. The first-order valence-corrected chi connectivity index (χ1v) is 16.4. The lowest BCUT2D eigenvalue weighted by Crippen LogP contribution is -2.31. The lowest BCUT2D eigenvalue weighted by molar-refractivity contribution is -0.117. The summed E-state index contributed by atoms with van der Waals surface area (Å²) in [5, 5.41) is 21.4. The van der Waals surface area contributed by atoms with Crippen LogP contribution in [0.4, 0.5) is 5.13 Å². The molecular weight excluding hydrogens is 642 g/mol. The van der Waals surface area contributed by atoms with E-state index in [1.807, 2.05) is 66.7 Å². The number of Topliss-reactive ketones (excluding diaryl/α,β-unsaturated/α-hetero) is 1. The van der Waals surface area contributed by atoms with Crippen molar-refractivity contribution in [2.24, 2.45) is 0 Å². The largest absolute Gasteiger partial charge is 0.503 e. The van der Waals surface area contributed by atoms with Crippen molar-refractivity contribution in [1.82, 2.24) is 10.2 Å². The highest BCUT2D eigenvalue weighted by atomic mass is 35.5. The number of hydrogen-bond acceptors (Lipinski definition) is 9. The van der Waals surface area contributed by atoms with Gasteiger partial charge in [0, 0.05) is 16.2 Å². The van der Waals surface area contributed by atoms with Crippen LogP contribution >= 0.6 is 34.7 Å². The van der Waals surface area contributed by atoms with Gasteiger partial charge in [-0.25, -0.2) is 0 Å². The number of aliphatic hydroxyl groups excluding tert-OH is 1. The van der Waals surface area contributed by atoms with Crippen molar-refractivity contribution in [3.8, 4) is 5.75 Å². The van der Waals surface area contributed by atoms with Gasteiger partial charge in [-0.3, -0.25) is 14.5 Å². The van der Waals surface area contributed by atoms with Crippen molar-refractivity contribution in [2.45, 2.75) is 22.7 Å². The fourth-order valence-corrected chi connectivity index (χ4v) is 7.10. The summed E-state index contributed by atoms with van der Waals surface area (Å²) in [5.74, 6) is -0.766. The zero-order valence-electron chi connectivity index (χ0n) is 24.0. The summed E-state index contributed by atoms with van der Waals surface area (Å²) in [6.45, 7) is 0.381. The molecule has 1 amide bonds. The highest BCUT2D eigenvalue weighted by molar-refractivity contribution is 8.00. The topological polar surface area (TPSA) is 106 Å². The number of halogens is 1. The maximum atomic E-state index is 14.0. The smallest absolute Gasteiger partial charge is 0.296 e. The maximum absolute atomic E-state index is 14.0. The van der Waals surface area contributed by atoms with Gasteiger partial charge in [0.25, 0.3) is 5.91 Å². The van der Waals surface area contributed by atoms with E-state index in [0.29, 0.717) is 38.6 Å². The molecule has 1 aliphatic heterocycles. The van der Waals surface area contributed by atoms with Gasteiger partial charge in [0.2, 0.25) is 10.9 Å². The van der Waals surface area contributed by atoms with E-state index in [0.717, 1.165) is 16.5 Å². The second-order valence-electron chi connectivity index (χ2n) is 10.4. The summed E-state index contributed by atoms with van der Waals surface area (Å²) < 4.78 is 12.4. The van der Waals surface area contributed by atoms with E-state index in [-0.39, 0.29) is 16.5 Å². The summed E-state index contributed by atoms with van der Waals surface area (Å²) in [7, 11) is 0. The number of hydrogen-bond donors (Lipinski definition) is 1. The first-order chi connectivity index (χ1) is 22.4. The fourth-order valence-electron chi connectivity index (χ4n) is 5.15. The Morgan fingerprint density at radius 3 is 2.43 bits per heavy atom. The maximum Gasteiger partial charge on any atom is 0.296 e. The van der Waals surface area contributed by atoms with E-state index in [1.54, 1.807) is 42.5 Å². The van der Waals surface area contributed by atoms with Crippen molar-refractivity contribution < 1.29 is 23.8 Å². The zero-order chi connectivity index (χ0) is 31.6. The lowest BCUT2D eigenvalue weighted by Gasteiger charge is -2.24. The van der Waals surface area contributed by atoms with Crippen LogP contribution in [0.1, 0.15) is 33.3 Å². The molecule has 1 aliphatic rings. The molecule has 0 spiro atoms. The van der Waals surface area contributed by atoms with Crippen LogP contribution in [0.25, 0.3) is 11.0 Å². The third-order valence-corrected chi connectivity index (χ3v) is 9.80. The summed E-state index contributed by atoms with van der Waals surface area (Å²) >= 11 is 8.67. The van der Waals surface area contributed by atoms with E-state index in [1.165, 1.54) is 28.0 Å². The Balaban J connectivity index is 1.20. The molecule has 7 rings (SSSR count). The third kappa shape index (κ3) is 6.02. The van der Waals surface area contributed by atoms with Crippen molar-refractivity contribution in [2.75, 3.05) is 4.90 Å². The van der Waals surface area contributed by atoms with Crippen LogP contribution in [0, 0.1) is 0 Å². The molecule has 0 radical (unpaired) electrons. The molecule has 2 aromatic heterocycles. The second kappa shape index (κ2) is 12.8. The van der Waals surface area contributed by atoms with Crippen LogP contribution in [0.3, 0.4) is 0 Å². The van der Waals surface area contributed by atoms with Crippen LogP contribution in [0.2, 0.25) is 5.02 Å². The van der Waals surface area contributed by atoms with Gasteiger partial charge in [-0.15, -0.1) is 10.2 Å². The van der Waals surface area contributed by atoms with Crippen molar-refractivity contribution in [1.29, 1.82) is 0 Å². The minimum absolute atomic E-state index is 0.0155. The van der Waals surface area contributed by atoms with Crippen molar-refractivity contribution >= 4 is 62.5 Å². The Hall–Kier alpha value is -4.90. The Kier molecular flexibility index (Phi) is 8.32. The predicted octanol–water partition coefficient (Wildman–Crippen LogP) is 8.59. The molecule has 1 N–H and O–H groups in total. The molecule has 11 heteroatoms. The average molecular weight is 666 g/mol. The number of furan rings is 1. The molecule has 0 aliphatic carbocycles. The Morgan fingerprint density at radius 2 is 1.67 bits per heavy atom. The zero-order valence-corrected chi connectivity index (χ0v) is 26.4. The van der Waals surface area contributed by atoms with Gasteiger partial charge in [-0.2, -0.15) is 0 Å². The standard InChI is InChI=1S/C35H24ClN3O5S2/c36-25-14-10-22(11-15-25)20-45-35-38-37-34(46-35)39-30(23-12-16-26(17-13-23)43-19-21-6-2-1-3-7-21)29(32(41)33(39)42)31(40)28-18-24-8-4-5-9-27(24)44-28/h1-18,30,41H,19-20H2. The van der Waals surface area contributed by atoms with Crippen molar-refractivity contribution in [3.05, 3.63) is 148 Å². The second-order valence-corrected chi connectivity index (χ2v) is 13.0. The number of carbonyl (C=O) groups is 2. The molecule has 0 bridgehead atoms. The Labute approximate surface area is 276 Å². The van der Waals surface area contributed by atoms with Crippen molar-refractivity contribution in [3.63, 3.8) is 0 Å². The molecule has 228 valence electrons. The van der Waals surface area contributed by atoms with Gasteiger partial charge >= 0.3 is 0 Å². The molecule has 0 fully saturated rings. The lowest BCUT2D eigenvalue weighted by atomic mass is 9.95. The molecule has 1 unspecified atom stereocenters. The van der Waals surface area contributed by atoms with Gasteiger partial charge in [0.1, 0.15) is 17.9 Å². The van der Waals surface area contributed by atoms with E-state index in [2.05, 4.69) is 10.2 Å². The molecule has 0 saturated heterocycles. The van der Waals surface area contributed by atoms with Gasteiger partial charge < -0.3 is 14.3 Å². The quantitative estimate of drug-likeness (QED) is 0.0881. The number of carbonyl (C=O) groups excluding carboxylic acids is 2. The number of thioether (sulfide) groups is 1. The van der Waals surface area contributed by atoms with E-state index >= 15 is 0 Å². The van der Waals surface area contributed by atoms with Gasteiger partial charge in [0.05, 0.1) is 11.6 Å². The third-order valence-electron chi connectivity index (χ3n) is 7.42. The van der Waals surface area contributed by atoms with Gasteiger partial charge in [-0.1, -0.05) is 107 Å². The first kappa shape index (κ1) is 29.8. The SMILES string of the molecule is O=C(C1=C(O)C(=O)N(c2nnc(SCc3ccc(Cl)cc3)s2)C1c1ccc(OCc2ccccc2)cc1)c1cc2ccccc2o1. The van der Waals surface area contributed by atoms with Crippen LogP contribution in [-0.4, -0.2) is 27.0 Å². The van der Waals surface area contributed by atoms with Crippen LogP contribution < -0.4 is 9.64 Å².